The summed E-state index contributed by atoms with van der Waals surface area (Å²) < 4.78 is 58.7. The largest absolute Gasteiger partial charge is 0.436 e. The number of benzene rings is 2. The maximum Gasteiger partial charge on any atom is 0.350 e. The lowest BCUT2D eigenvalue weighted by Gasteiger charge is -2.38. The second-order valence-corrected chi connectivity index (χ2v) is 11.0. The van der Waals surface area contributed by atoms with E-state index in [9.17, 15) is 27.2 Å². The SMILES string of the molecule is O=C(Nc1ccc2oc(-c3ccnc(C(=O)N4CCN([C@H](c5ccccc5)c5nnn(C(F)F)n5)CC4)c3)nc2c1)[C@H]1CC1(F)F. The summed E-state index contributed by atoms with van der Waals surface area (Å²) in [6.07, 6.45) is 1.01. The van der Waals surface area contributed by atoms with Crippen LogP contribution >= 0.6 is 0 Å². The first-order chi connectivity index (χ1) is 22.2. The van der Waals surface area contributed by atoms with Crippen LogP contribution in [-0.2, 0) is 4.79 Å². The van der Waals surface area contributed by atoms with E-state index in [1.165, 1.54) is 18.3 Å². The molecule has 2 fully saturated rings. The molecule has 16 heteroatoms. The molecule has 46 heavy (non-hydrogen) atoms. The van der Waals surface area contributed by atoms with Crippen LogP contribution < -0.4 is 5.32 Å². The lowest BCUT2D eigenvalue weighted by Crippen LogP contribution is -2.50. The number of aromatic nitrogens is 6. The van der Waals surface area contributed by atoms with Crippen molar-refractivity contribution in [3.05, 3.63) is 83.9 Å². The van der Waals surface area contributed by atoms with Crippen LogP contribution in [0, 0.1) is 5.92 Å². The van der Waals surface area contributed by atoms with Gasteiger partial charge in [-0.15, -0.1) is 10.2 Å². The molecule has 1 saturated heterocycles. The van der Waals surface area contributed by atoms with Gasteiger partial charge in [-0.2, -0.15) is 8.78 Å². The molecule has 0 radical (unpaired) electrons. The Morgan fingerprint density at radius 3 is 2.46 bits per heavy atom. The smallest absolute Gasteiger partial charge is 0.350 e. The lowest BCUT2D eigenvalue weighted by molar-refractivity contribution is -0.119. The fourth-order valence-corrected chi connectivity index (χ4v) is 5.47. The van der Waals surface area contributed by atoms with Crippen LogP contribution in [0.4, 0.5) is 23.2 Å². The highest BCUT2D eigenvalue weighted by Gasteiger charge is 2.61. The molecule has 0 spiro atoms. The first-order valence-electron chi connectivity index (χ1n) is 14.4. The number of tetrazole rings is 1. The minimum Gasteiger partial charge on any atom is -0.436 e. The molecule has 2 aromatic carbocycles. The fourth-order valence-electron chi connectivity index (χ4n) is 5.47. The van der Waals surface area contributed by atoms with Crippen LogP contribution in [0.1, 0.15) is 40.9 Å². The maximum absolute atomic E-state index is 13.5. The molecule has 0 unspecified atom stereocenters. The van der Waals surface area contributed by atoms with Gasteiger partial charge in [-0.25, -0.2) is 13.8 Å². The highest BCUT2D eigenvalue weighted by atomic mass is 19.3. The molecule has 7 rings (SSSR count). The number of carbonyl (C=O) groups excluding carboxylic acids is 2. The summed E-state index contributed by atoms with van der Waals surface area (Å²) in [5.74, 6) is -5.01. The zero-order valence-electron chi connectivity index (χ0n) is 23.9. The minimum absolute atomic E-state index is 0.137. The highest BCUT2D eigenvalue weighted by Crippen LogP contribution is 2.49. The Balaban J connectivity index is 1.04. The number of hydrogen-bond donors (Lipinski definition) is 1. The van der Waals surface area contributed by atoms with E-state index in [1.807, 2.05) is 35.2 Å². The molecule has 1 aliphatic heterocycles. The Morgan fingerprint density at radius 1 is 1.00 bits per heavy atom. The Morgan fingerprint density at radius 2 is 1.76 bits per heavy atom. The van der Waals surface area contributed by atoms with Crippen LogP contribution in [0.25, 0.3) is 22.6 Å². The predicted molar refractivity (Wildman–Crippen MR) is 154 cm³/mol. The quantitative estimate of drug-likeness (QED) is 0.246. The number of pyridine rings is 1. The highest BCUT2D eigenvalue weighted by molar-refractivity contribution is 5.97. The second kappa shape index (κ2) is 11.6. The van der Waals surface area contributed by atoms with E-state index in [0.29, 0.717) is 48.5 Å². The van der Waals surface area contributed by atoms with Gasteiger partial charge in [0.25, 0.3) is 11.8 Å². The molecule has 2 aliphatic rings. The number of hydrogen-bond acceptors (Lipinski definition) is 9. The summed E-state index contributed by atoms with van der Waals surface area (Å²) in [7, 11) is 0. The number of anilines is 1. The summed E-state index contributed by atoms with van der Waals surface area (Å²) in [5, 5.41) is 13.8. The van der Waals surface area contributed by atoms with Gasteiger partial charge >= 0.3 is 6.55 Å². The van der Waals surface area contributed by atoms with Crippen LogP contribution in [0.15, 0.2) is 71.3 Å². The van der Waals surface area contributed by atoms with Crippen molar-refractivity contribution in [2.45, 2.75) is 24.9 Å². The molecule has 4 heterocycles. The molecule has 1 saturated carbocycles. The zero-order valence-corrected chi connectivity index (χ0v) is 23.9. The standard InChI is InChI=1S/C30H25F4N9O3/c31-29(32)43-39-25(38-40-43)24(17-4-2-1-3-5-17)41-10-12-42(13-11-41)28(45)22-14-18(8-9-35-22)27-37-21-15-19(6-7-23(21)46-27)36-26(44)20-16-30(20,33)34/h1-9,14-15,20,24,29H,10-13,16H2,(H,36,44)/t20-,24-/m1/s1. The van der Waals surface area contributed by atoms with Crippen molar-refractivity contribution in [3.8, 4) is 11.5 Å². The summed E-state index contributed by atoms with van der Waals surface area (Å²) in [6.45, 7) is -1.42. The van der Waals surface area contributed by atoms with E-state index in [1.54, 1.807) is 23.1 Å². The molecule has 3 aromatic heterocycles. The molecular weight excluding hydrogens is 610 g/mol. The summed E-state index contributed by atoms with van der Waals surface area (Å²) in [4.78, 5) is 38.2. The molecule has 1 aliphatic carbocycles. The van der Waals surface area contributed by atoms with Crippen LogP contribution in [-0.4, -0.2) is 83.9 Å². The predicted octanol–water partition coefficient (Wildman–Crippen LogP) is 4.41. The van der Waals surface area contributed by atoms with Crippen molar-refractivity contribution in [3.63, 3.8) is 0 Å². The van der Waals surface area contributed by atoms with Crippen LogP contribution in [0.5, 0.6) is 0 Å². The first kappa shape index (κ1) is 29.5. The van der Waals surface area contributed by atoms with E-state index in [0.717, 1.165) is 5.56 Å². The lowest BCUT2D eigenvalue weighted by atomic mass is 10.0. The molecule has 1 N–H and O–H groups in total. The Bertz CT molecular complexity index is 1910. The summed E-state index contributed by atoms with van der Waals surface area (Å²) in [6, 6.07) is 16.6. The molecule has 2 atom stereocenters. The van der Waals surface area contributed by atoms with E-state index in [-0.39, 0.29) is 28.1 Å². The average molecular weight is 636 g/mol. The van der Waals surface area contributed by atoms with Gasteiger partial charge in [0.1, 0.15) is 17.1 Å². The van der Waals surface area contributed by atoms with Gasteiger partial charge in [0, 0.05) is 50.0 Å². The number of nitrogens with zero attached hydrogens (tertiary/aromatic N) is 8. The number of piperazine rings is 1. The molecule has 2 amide bonds. The number of nitrogens with one attached hydrogen (secondary N) is 1. The monoisotopic (exact) mass is 635 g/mol. The number of carbonyl (C=O) groups is 2. The van der Waals surface area contributed by atoms with Crippen LogP contribution in [0.3, 0.4) is 0 Å². The van der Waals surface area contributed by atoms with Crippen molar-refractivity contribution >= 4 is 28.6 Å². The van der Waals surface area contributed by atoms with E-state index >= 15 is 0 Å². The van der Waals surface area contributed by atoms with E-state index < -0.39 is 36.8 Å². The van der Waals surface area contributed by atoms with Gasteiger partial charge in [0.05, 0.1) is 6.04 Å². The van der Waals surface area contributed by atoms with Crippen molar-refractivity contribution in [2.24, 2.45) is 5.92 Å². The average Bonchev–Trinajstić information content (AvgIpc) is 3.39. The second-order valence-electron chi connectivity index (χ2n) is 11.0. The topological polar surface area (TPSA) is 135 Å². The van der Waals surface area contributed by atoms with Gasteiger partial charge in [0.15, 0.2) is 11.4 Å². The number of fused-ring (bicyclic) bond motifs is 1. The molecule has 12 nitrogen and oxygen atoms in total. The van der Waals surface area contributed by atoms with Gasteiger partial charge < -0.3 is 14.6 Å². The first-order valence-corrected chi connectivity index (χ1v) is 14.4. The van der Waals surface area contributed by atoms with Gasteiger partial charge in [-0.3, -0.25) is 19.5 Å². The number of amides is 2. The minimum atomic E-state index is -2.97. The number of oxazole rings is 1. The number of halogens is 4. The van der Waals surface area contributed by atoms with Crippen molar-refractivity contribution in [1.82, 2.24) is 40.0 Å². The van der Waals surface area contributed by atoms with Crippen molar-refractivity contribution < 1.29 is 31.6 Å². The zero-order chi connectivity index (χ0) is 32.0. The van der Waals surface area contributed by atoms with Gasteiger partial charge in [-0.1, -0.05) is 35.1 Å². The Labute approximate surface area is 258 Å². The van der Waals surface area contributed by atoms with E-state index in [4.69, 9.17) is 4.42 Å². The number of rotatable bonds is 8. The molecule has 236 valence electrons. The molecule has 5 aromatic rings. The Kier molecular flexibility index (Phi) is 7.43. The third-order valence-corrected chi connectivity index (χ3v) is 7.97. The molecular formula is C30H25F4N9O3. The summed E-state index contributed by atoms with van der Waals surface area (Å²) >= 11 is 0. The normalized spacial score (nSPS) is 18.5. The van der Waals surface area contributed by atoms with Gasteiger partial charge in [0.2, 0.25) is 11.8 Å². The fraction of sp³-hybridized carbons (Fsp3) is 0.300. The third-order valence-electron chi connectivity index (χ3n) is 7.97. The maximum atomic E-state index is 13.5. The third kappa shape index (κ3) is 5.78. The van der Waals surface area contributed by atoms with Gasteiger partial charge in [-0.05, 0) is 41.1 Å². The number of alkyl halides is 4. The van der Waals surface area contributed by atoms with Crippen LogP contribution in [0.2, 0.25) is 0 Å². The Hall–Kier alpha value is -5.25. The molecule has 0 bridgehead atoms. The summed E-state index contributed by atoms with van der Waals surface area (Å²) in [5.41, 5.74) is 2.59. The van der Waals surface area contributed by atoms with Crippen molar-refractivity contribution in [2.75, 3.05) is 31.5 Å². The van der Waals surface area contributed by atoms with E-state index in [2.05, 4.69) is 30.7 Å². The van der Waals surface area contributed by atoms with Crippen molar-refractivity contribution in [1.29, 1.82) is 0 Å².